The smallest absolute Gasteiger partial charge is 0.338 e. The molecule has 0 spiro atoms. The molecule has 2 aliphatic heterocycles. The minimum Gasteiger partial charge on any atom is -0.481 e. The Morgan fingerprint density at radius 1 is 1.37 bits per heavy atom. The van der Waals surface area contributed by atoms with E-state index in [1.165, 1.54) is 23.5 Å². The largest absolute Gasteiger partial charge is 0.481 e. The molecule has 38 heavy (non-hydrogen) atoms. The highest BCUT2D eigenvalue weighted by atomic mass is 32.1. The van der Waals surface area contributed by atoms with Gasteiger partial charge in [-0.05, 0) is 42.5 Å². The molecular formula is C27H33FN4O5S. The number of aryl methyl sites for hydroxylation is 1. The summed E-state index contributed by atoms with van der Waals surface area (Å²) >= 11 is 1.41. The maximum absolute atomic E-state index is 14.0. The molecule has 0 radical (unpaired) electrons. The zero-order valence-electron chi connectivity index (χ0n) is 22.0. The summed E-state index contributed by atoms with van der Waals surface area (Å²) in [5.74, 6) is -1.26. The molecule has 2 N–H and O–H groups in total. The van der Waals surface area contributed by atoms with E-state index in [1.807, 2.05) is 19.2 Å². The van der Waals surface area contributed by atoms with Crippen molar-refractivity contribution in [2.45, 2.75) is 46.2 Å². The maximum atomic E-state index is 14.0. The van der Waals surface area contributed by atoms with Gasteiger partial charge in [-0.25, -0.2) is 14.2 Å². The number of aliphatic imine (C=N–C) groups is 1. The van der Waals surface area contributed by atoms with Crippen LogP contribution in [0, 0.1) is 18.2 Å². The number of carboxylic acids is 1. The highest BCUT2D eigenvalue weighted by Gasteiger charge is 2.40. The second kappa shape index (κ2) is 11.7. The van der Waals surface area contributed by atoms with Crippen molar-refractivity contribution in [3.05, 3.63) is 63.0 Å². The Kier molecular flexibility index (Phi) is 8.59. The summed E-state index contributed by atoms with van der Waals surface area (Å²) in [5, 5.41) is 15.4. The number of aliphatic carboxylic acids is 1. The van der Waals surface area contributed by atoms with E-state index in [2.05, 4.69) is 15.2 Å². The van der Waals surface area contributed by atoms with Gasteiger partial charge in [0.15, 0.2) is 10.8 Å². The van der Waals surface area contributed by atoms with Crippen molar-refractivity contribution >= 4 is 29.1 Å². The Morgan fingerprint density at radius 3 is 2.82 bits per heavy atom. The van der Waals surface area contributed by atoms with E-state index in [0.717, 1.165) is 0 Å². The molecule has 204 valence electrons. The Labute approximate surface area is 225 Å². The number of hydrogen-bond donors (Lipinski definition) is 2. The summed E-state index contributed by atoms with van der Waals surface area (Å²) in [6, 6.07) is 3.48. The lowest BCUT2D eigenvalue weighted by molar-refractivity contribution is -0.142. The van der Waals surface area contributed by atoms with Gasteiger partial charge in [0.2, 0.25) is 0 Å². The van der Waals surface area contributed by atoms with Crippen molar-refractivity contribution in [3.8, 4) is 0 Å². The standard InChI is InChI=1S/C27H33FN4O5S/c1-5-37-26(35)22-19(14-32-9-10-36-15-20(32)27(3,4)13-21(33)34)30-24(25-29-8-11-38-25)31-23(22)18-7-6-17(28)12-16(18)2/h6-8,11-12,20,23H,5,9-10,13-15H2,1-4H3,(H,30,31)(H,33,34). The lowest BCUT2D eigenvalue weighted by Gasteiger charge is -2.45. The Bertz CT molecular complexity index is 1240. The third-order valence-electron chi connectivity index (χ3n) is 6.89. The third-order valence-corrected chi connectivity index (χ3v) is 7.67. The lowest BCUT2D eigenvalue weighted by Crippen LogP contribution is -2.55. The number of benzene rings is 1. The fraction of sp³-hybridized carbons (Fsp3) is 0.481. The number of morpholine rings is 1. The van der Waals surface area contributed by atoms with Gasteiger partial charge in [-0.15, -0.1) is 11.3 Å². The van der Waals surface area contributed by atoms with E-state index < -0.39 is 23.4 Å². The number of esters is 1. The molecule has 4 rings (SSSR count). The Balaban J connectivity index is 1.81. The number of ether oxygens (including phenoxy) is 2. The number of nitrogens with one attached hydrogen (secondary N) is 1. The monoisotopic (exact) mass is 544 g/mol. The van der Waals surface area contributed by atoms with Crippen molar-refractivity contribution < 1.29 is 28.6 Å². The number of carbonyl (C=O) groups excluding carboxylic acids is 1. The van der Waals surface area contributed by atoms with E-state index in [-0.39, 0.29) is 24.9 Å². The predicted molar refractivity (Wildman–Crippen MR) is 142 cm³/mol. The second-order valence-corrected chi connectivity index (χ2v) is 11.0. The first kappa shape index (κ1) is 27.9. The molecule has 9 nitrogen and oxygen atoms in total. The molecule has 2 aliphatic rings. The number of hydrogen-bond acceptors (Lipinski definition) is 9. The molecule has 2 atom stereocenters. The first-order chi connectivity index (χ1) is 18.1. The highest BCUT2D eigenvalue weighted by Crippen LogP contribution is 2.37. The van der Waals surface area contributed by atoms with Crippen molar-refractivity contribution in [1.82, 2.24) is 15.2 Å². The van der Waals surface area contributed by atoms with Crippen LogP contribution in [-0.4, -0.2) is 71.7 Å². The zero-order valence-corrected chi connectivity index (χ0v) is 22.8. The molecular weight excluding hydrogens is 511 g/mol. The summed E-state index contributed by atoms with van der Waals surface area (Å²) in [5.41, 5.74) is 1.68. The Hall–Kier alpha value is -3.15. The summed E-state index contributed by atoms with van der Waals surface area (Å²) in [6.07, 6.45) is 1.65. The quantitative estimate of drug-likeness (QED) is 0.460. The van der Waals surface area contributed by atoms with Crippen LogP contribution in [0.2, 0.25) is 0 Å². The first-order valence-corrected chi connectivity index (χ1v) is 13.4. The summed E-state index contributed by atoms with van der Waals surface area (Å²) in [6.45, 7) is 9.25. The van der Waals surface area contributed by atoms with Crippen molar-refractivity contribution in [2.24, 2.45) is 10.4 Å². The van der Waals surface area contributed by atoms with Crippen LogP contribution >= 0.6 is 11.3 Å². The van der Waals surface area contributed by atoms with E-state index in [4.69, 9.17) is 14.5 Å². The number of rotatable bonds is 9. The van der Waals surface area contributed by atoms with Crippen LogP contribution in [0.4, 0.5) is 4.39 Å². The molecule has 0 bridgehead atoms. The number of carboxylic acid groups (broad SMARTS) is 1. The number of amidine groups is 1. The van der Waals surface area contributed by atoms with Gasteiger partial charge in [0.1, 0.15) is 11.9 Å². The van der Waals surface area contributed by atoms with Gasteiger partial charge < -0.3 is 19.9 Å². The maximum Gasteiger partial charge on any atom is 0.338 e. The zero-order chi connectivity index (χ0) is 27.4. The number of thiazole rings is 1. The molecule has 1 aromatic heterocycles. The van der Waals surface area contributed by atoms with Gasteiger partial charge in [0.25, 0.3) is 0 Å². The fourth-order valence-corrected chi connectivity index (χ4v) is 5.64. The van der Waals surface area contributed by atoms with Crippen LogP contribution in [0.3, 0.4) is 0 Å². The van der Waals surface area contributed by atoms with Gasteiger partial charge in [0.05, 0.1) is 31.8 Å². The SMILES string of the molecule is CCOC(=O)C1=C(CN2CCOCC2C(C)(C)CC(=O)O)NC(c2nccs2)=NC1c1ccc(F)cc1C. The van der Waals surface area contributed by atoms with Gasteiger partial charge in [-0.2, -0.15) is 0 Å². The van der Waals surface area contributed by atoms with Gasteiger partial charge in [0, 0.05) is 36.4 Å². The van der Waals surface area contributed by atoms with E-state index in [9.17, 15) is 19.1 Å². The van der Waals surface area contributed by atoms with Crippen molar-refractivity contribution in [2.75, 3.05) is 32.9 Å². The highest BCUT2D eigenvalue weighted by molar-refractivity contribution is 7.11. The molecule has 0 saturated carbocycles. The minimum absolute atomic E-state index is 0.0298. The van der Waals surface area contributed by atoms with Gasteiger partial charge in [-0.3, -0.25) is 14.7 Å². The van der Waals surface area contributed by atoms with E-state index in [0.29, 0.717) is 59.5 Å². The normalized spacial score (nSPS) is 20.6. The molecule has 1 fully saturated rings. The third kappa shape index (κ3) is 6.11. The molecule has 2 aromatic rings. The van der Waals surface area contributed by atoms with Gasteiger partial charge >= 0.3 is 11.9 Å². The van der Waals surface area contributed by atoms with Crippen LogP contribution in [0.15, 0.2) is 46.0 Å². The fourth-order valence-electron chi connectivity index (χ4n) is 5.05. The van der Waals surface area contributed by atoms with Crippen LogP contribution < -0.4 is 5.32 Å². The van der Waals surface area contributed by atoms with Crippen LogP contribution in [0.5, 0.6) is 0 Å². The second-order valence-electron chi connectivity index (χ2n) is 10.1. The number of halogens is 1. The van der Waals surface area contributed by atoms with Crippen molar-refractivity contribution in [1.29, 1.82) is 0 Å². The molecule has 3 heterocycles. The molecule has 0 amide bonds. The first-order valence-electron chi connectivity index (χ1n) is 12.5. The molecule has 2 unspecified atom stereocenters. The number of nitrogens with zero attached hydrogens (tertiary/aromatic N) is 3. The Morgan fingerprint density at radius 2 is 2.16 bits per heavy atom. The average Bonchev–Trinajstić information content (AvgIpc) is 3.38. The van der Waals surface area contributed by atoms with E-state index >= 15 is 0 Å². The van der Waals surface area contributed by atoms with Crippen LogP contribution in [0.1, 0.15) is 49.4 Å². The van der Waals surface area contributed by atoms with Crippen molar-refractivity contribution in [3.63, 3.8) is 0 Å². The number of carbonyl (C=O) groups is 2. The minimum atomic E-state index is -0.882. The summed E-state index contributed by atoms with van der Waals surface area (Å²) in [7, 11) is 0. The average molecular weight is 545 g/mol. The van der Waals surface area contributed by atoms with Crippen LogP contribution in [0.25, 0.3) is 0 Å². The number of aromatic nitrogens is 1. The molecule has 11 heteroatoms. The van der Waals surface area contributed by atoms with Crippen LogP contribution in [-0.2, 0) is 19.1 Å². The topological polar surface area (TPSA) is 113 Å². The van der Waals surface area contributed by atoms with E-state index in [1.54, 1.807) is 26.1 Å². The molecule has 1 saturated heterocycles. The molecule has 0 aliphatic carbocycles. The van der Waals surface area contributed by atoms with Gasteiger partial charge in [-0.1, -0.05) is 19.9 Å². The predicted octanol–water partition coefficient (Wildman–Crippen LogP) is 3.70. The molecule has 1 aromatic carbocycles. The summed E-state index contributed by atoms with van der Waals surface area (Å²) < 4.78 is 25.2. The summed E-state index contributed by atoms with van der Waals surface area (Å²) in [4.78, 5) is 36.5. The lowest BCUT2D eigenvalue weighted by atomic mass is 9.80.